The number of aryl methyl sites for hydroxylation is 1. The van der Waals surface area contributed by atoms with Crippen LogP contribution in [0.4, 0.5) is 5.69 Å². The Balaban J connectivity index is 2.96. The van der Waals surface area contributed by atoms with Crippen molar-refractivity contribution in [3.05, 3.63) is 29.3 Å². The lowest BCUT2D eigenvalue weighted by molar-refractivity contribution is 0.669. The van der Waals surface area contributed by atoms with E-state index in [1.54, 1.807) is 0 Å². The van der Waals surface area contributed by atoms with Crippen molar-refractivity contribution in [3.8, 4) is 0 Å². The zero-order valence-electron chi connectivity index (χ0n) is 13.8. The smallest absolute Gasteiger partial charge is 0.0399 e. The molecular formula is C18H32N2. The van der Waals surface area contributed by atoms with Gasteiger partial charge in [-0.2, -0.15) is 0 Å². The molecule has 20 heavy (non-hydrogen) atoms. The van der Waals surface area contributed by atoms with Gasteiger partial charge >= 0.3 is 0 Å². The third-order valence-electron chi connectivity index (χ3n) is 3.68. The summed E-state index contributed by atoms with van der Waals surface area (Å²) >= 11 is 0. The Morgan fingerprint density at radius 1 is 1.10 bits per heavy atom. The van der Waals surface area contributed by atoms with Crippen molar-refractivity contribution in [2.45, 2.75) is 65.8 Å². The van der Waals surface area contributed by atoms with Crippen molar-refractivity contribution in [3.63, 3.8) is 0 Å². The van der Waals surface area contributed by atoms with E-state index in [9.17, 15) is 0 Å². The average molecular weight is 276 g/mol. The maximum atomic E-state index is 6.03. The highest BCUT2D eigenvalue weighted by molar-refractivity contribution is 5.55. The van der Waals surface area contributed by atoms with Gasteiger partial charge in [-0.15, -0.1) is 0 Å². The van der Waals surface area contributed by atoms with E-state index >= 15 is 0 Å². The molecule has 0 fully saturated rings. The van der Waals surface area contributed by atoms with Crippen LogP contribution in [0.3, 0.4) is 0 Å². The van der Waals surface area contributed by atoms with E-state index in [2.05, 4.69) is 50.8 Å². The lowest BCUT2D eigenvalue weighted by Gasteiger charge is -2.28. The van der Waals surface area contributed by atoms with E-state index in [0.29, 0.717) is 0 Å². The third-order valence-corrected chi connectivity index (χ3v) is 3.68. The normalized spacial score (nSPS) is 12.4. The minimum atomic E-state index is 0.217. The molecule has 1 atom stereocenters. The van der Waals surface area contributed by atoms with E-state index in [1.807, 2.05) is 0 Å². The van der Waals surface area contributed by atoms with Crippen molar-refractivity contribution < 1.29 is 0 Å². The summed E-state index contributed by atoms with van der Waals surface area (Å²) in [7, 11) is 0. The molecule has 0 aliphatic heterocycles. The van der Waals surface area contributed by atoms with E-state index in [1.165, 1.54) is 42.5 Å². The topological polar surface area (TPSA) is 29.3 Å². The summed E-state index contributed by atoms with van der Waals surface area (Å²) in [5, 5.41) is 0. The minimum Gasteiger partial charge on any atom is -0.371 e. The van der Waals surface area contributed by atoms with Crippen molar-refractivity contribution in [1.29, 1.82) is 0 Å². The molecule has 0 heterocycles. The van der Waals surface area contributed by atoms with Crippen LogP contribution in [0, 0.1) is 6.92 Å². The quantitative estimate of drug-likeness (QED) is 0.729. The maximum absolute atomic E-state index is 6.03. The van der Waals surface area contributed by atoms with Gasteiger partial charge in [0.15, 0.2) is 0 Å². The fourth-order valence-electron chi connectivity index (χ4n) is 2.58. The highest BCUT2D eigenvalue weighted by Crippen LogP contribution is 2.24. The third kappa shape index (κ3) is 5.54. The zero-order chi connectivity index (χ0) is 15.0. The number of nitrogens with two attached hydrogens (primary N) is 1. The zero-order valence-corrected chi connectivity index (χ0v) is 13.8. The van der Waals surface area contributed by atoms with Gasteiger partial charge in [-0.3, -0.25) is 0 Å². The molecule has 2 heteroatoms. The Kier molecular flexibility index (Phi) is 7.68. The molecule has 1 unspecified atom stereocenters. The Morgan fingerprint density at radius 3 is 2.20 bits per heavy atom. The van der Waals surface area contributed by atoms with Crippen molar-refractivity contribution in [1.82, 2.24) is 0 Å². The monoisotopic (exact) mass is 276 g/mol. The van der Waals surface area contributed by atoms with Gasteiger partial charge in [0.25, 0.3) is 0 Å². The van der Waals surface area contributed by atoms with Crippen molar-refractivity contribution >= 4 is 5.69 Å². The highest BCUT2D eigenvalue weighted by atomic mass is 15.1. The Bertz CT molecular complexity index is 377. The minimum absolute atomic E-state index is 0.217. The highest BCUT2D eigenvalue weighted by Gasteiger charge is 2.12. The molecule has 0 aromatic heterocycles. The lowest BCUT2D eigenvalue weighted by atomic mass is 10.0. The molecule has 0 bridgehead atoms. The lowest BCUT2D eigenvalue weighted by Crippen LogP contribution is -2.28. The Hall–Kier alpha value is -1.02. The molecule has 0 radical (unpaired) electrons. The first-order valence-corrected chi connectivity index (χ1v) is 8.18. The van der Waals surface area contributed by atoms with Crippen molar-refractivity contribution in [2.24, 2.45) is 5.73 Å². The molecule has 2 nitrogen and oxygen atoms in total. The van der Waals surface area contributed by atoms with E-state index in [-0.39, 0.29) is 6.04 Å². The fourth-order valence-corrected chi connectivity index (χ4v) is 2.58. The number of unbranched alkanes of at least 4 members (excludes halogenated alkanes) is 2. The first-order chi connectivity index (χ1) is 9.58. The van der Waals surface area contributed by atoms with Gasteiger partial charge in [0.05, 0.1) is 0 Å². The summed E-state index contributed by atoms with van der Waals surface area (Å²) in [4.78, 5) is 2.56. The summed E-state index contributed by atoms with van der Waals surface area (Å²) < 4.78 is 0. The largest absolute Gasteiger partial charge is 0.371 e. The van der Waals surface area contributed by atoms with Crippen molar-refractivity contribution in [2.75, 3.05) is 18.0 Å². The number of hydrogen-bond acceptors (Lipinski definition) is 2. The van der Waals surface area contributed by atoms with Crippen LogP contribution in [0.5, 0.6) is 0 Å². The van der Waals surface area contributed by atoms with Crippen LogP contribution in [0.1, 0.15) is 57.6 Å². The molecule has 114 valence electrons. The maximum Gasteiger partial charge on any atom is 0.0399 e. The van der Waals surface area contributed by atoms with Gasteiger partial charge in [0.2, 0.25) is 0 Å². The molecule has 0 amide bonds. The Labute approximate surface area is 125 Å². The van der Waals surface area contributed by atoms with Crippen LogP contribution >= 0.6 is 0 Å². The average Bonchev–Trinajstić information content (AvgIpc) is 2.39. The molecule has 1 rings (SSSR count). The summed E-state index contributed by atoms with van der Waals surface area (Å²) in [6, 6.07) is 7.04. The van der Waals surface area contributed by atoms with E-state index in [0.717, 1.165) is 19.5 Å². The number of anilines is 1. The second-order valence-electron chi connectivity index (χ2n) is 6.01. The number of hydrogen-bond donors (Lipinski definition) is 1. The van der Waals surface area contributed by atoms with Gasteiger partial charge in [0, 0.05) is 24.8 Å². The summed E-state index contributed by atoms with van der Waals surface area (Å²) in [6.45, 7) is 11.1. The summed E-state index contributed by atoms with van der Waals surface area (Å²) in [6.07, 6.45) is 5.98. The molecule has 0 spiro atoms. The number of rotatable bonds is 9. The van der Waals surface area contributed by atoms with Gasteiger partial charge < -0.3 is 10.6 Å². The first kappa shape index (κ1) is 17.0. The van der Waals surface area contributed by atoms with Crippen LogP contribution in [-0.2, 0) is 6.42 Å². The van der Waals surface area contributed by atoms with Gasteiger partial charge in [0.1, 0.15) is 0 Å². The Morgan fingerprint density at radius 2 is 1.70 bits per heavy atom. The van der Waals surface area contributed by atoms with Crippen LogP contribution in [-0.4, -0.2) is 19.1 Å². The molecule has 1 aromatic carbocycles. The number of benzene rings is 1. The standard InChI is InChI=1S/C18H32N2/c1-5-7-11-20(12-8-6-2)18-10-9-15(3)13-17(18)14-16(4)19/h9-10,13,16H,5-8,11-12,14,19H2,1-4H3. The molecule has 0 aliphatic rings. The van der Waals surface area contributed by atoms with Gasteiger partial charge in [-0.1, -0.05) is 44.4 Å². The van der Waals surface area contributed by atoms with Crippen LogP contribution < -0.4 is 10.6 Å². The molecular weight excluding hydrogens is 244 g/mol. The molecule has 0 saturated carbocycles. The molecule has 0 aliphatic carbocycles. The summed E-state index contributed by atoms with van der Waals surface area (Å²) in [5.41, 5.74) is 10.2. The SMILES string of the molecule is CCCCN(CCCC)c1ccc(C)cc1CC(C)N. The van der Waals surface area contributed by atoms with Crippen LogP contribution in [0.2, 0.25) is 0 Å². The summed E-state index contributed by atoms with van der Waals surface area (Å²) in [5.74, 6) is 0. The predicted octanol–water partition coefficient (Wildman–Crippen LogP) is 4.29. The van der Waals surface area contributed by atoms with E-state index < -0.39 is 0 Å². The second kappa shape index (κ2) is 9.02. The van der Waals surface area contributed by atoms with Gasteiger partial charge in [-0.05, 0) is 44.7 Å². The molecule has 0 saturated heterocycles. The first-order valence-electron chi connectivity index (χ1n) is 8.18. The molecule has 2 N–H and O–H groups in total. The second-order valence-corrected chi connectivity index (χ2v) is 6.01. The van der Waals surface area contributed by atoms with E-state index in [4.69, 9.17) is 5.73 Å². The van der Waals surface area contributed by atoms with Crippen LogP contribution in [0.15, 0.2) is 18.2 Å². The fraction of sp³-hybridized carbons (Fsp3) is 0.667. The molecule has 1 aromatic rings. The van der Waals surface area contributed by atoms with Crippen LogP contribution in [0.25, 0.3) is 0 Å². The predicted molar refractivity (Wildman–Crippen MR) is 90.6 cm³/mol. The van der Waals surface area contributed by atoms with Gasteiger partial charge in [-0.25, -0.2) is 0 Å². The number of nitrogens with zero attached hydrogens (tertiary/aromatic N) is 1.